The molecule has 1 aliphatic heterocycles. The highest BCUT2D eigenvalue weighted by molar-refractivity contribution is 6.30. The summed E-state index contributed by atoms with van der Waals surface area (Å²) in [5, 5.41) is 7.76. The third-order valence-corrected chi connectivity index (χ3v) is 7.00. The Morgan fingerprint density at radius 3 is 2.57 bits per heavy atom. The first kappa shape index (κ1) is 28.8. The van der Waals surface area contributed by atoms with E-state index >= 15 is 0 Å². The standard InChI is InChI=1S/C31H28ClFN4O5/c1-2-41-31(40)21-5-4-16-36(19-21)29(38)20-8-12-24(13-9-20)35-28-27(42-26-7-3-6-22(32)17-26)18-34-37(30(28)39)25-14-10-23(33)11-15-25/h3,6-15,17-18,21,35H,2,4-5,16,19H2,1H3. The van der Waals surface area contributed by atoms with Crippen molar-refractivity contribution in [2.24, 2.45) is 5.92 Å². The van der Waals surface area contributed by atoms with Gasteiger partial charge in [0.1, 0.15) is 11.6 Å². The Bertz CT molecular complexity index is 1640. The van der Waals surface area contributed by atoms with E-state index in [1.807, 2.05) is 0 Å². The Kier molecular flexibility index (Phi) is 8.83. The van der Waals surface area contributed by atoms with E-state index in [0.717, 1.165) is 4.68 Å². The number of piperidine rings is 1. The predicted octanol–water partition coefficient (Wildman–Crippen LogP) is 5.98. The first-order chi connectivity index (χ1) is 20.3. The highest BCUT2D eigenvalue weighted by Crippen LogP contribution is 2.30. The molecule has 0 saturated carbocycles. The third-order valence-electron chi connectivity index (χ3n) is 6.77. The zero-order chi connectivity index (χ0) is 29.6. The molecule has 0 aliphatic carbocycles. The van der Waals surface area contributed by atoms with Gasteiger partial charge in [-0.3, -0.25) is 14.4 Å². The van der Waals surface area contributed by atoms with Gasteiger partial charge in [-0.2, -0.15) is 9.78 Å². The maximum absolute atomic E-state index is 13.6. The number of carbonyl (C=O) groups is 2. The smallest absolute Gasteiger partial charge is 0.310 e. The summed E-state index contributed by atoms with van der Waals surface area (Å²) in [6, 6.07) is 18.7. The summed E-state index contributed by atoms with van der Waals surface area (Å²) in [6.07, 6.45) is 2.78. The molecule has 11 heteroatoms. The number of ether oxygens (including phenoxy) is 2. The van der Waals surface area contributed by atoms with Gasteiger partial charge in [-0.25, -0.2) is 4.39 Å². The minimum atomic E-state index is -0.542. The van der Waals surface area contributed by atoms with Gasteiger partial charge >= 0.3 is 5.97 Å². The summed E-state index contributed by atoms with van der Waals surface area (Å²) in [7, 11) is 0. The van der Waals surface area contributed by atoms with Gasteiger partial charge in [0.05, 0.1) is 24.4 Å². The number of nitrogens with one attached hydrogen (secondary N) is 1. The van der Waals surface area contributed by atoms with E-state index < -0.39 is 11.4 Å². The van der Waals surface area contributed by atoms with E-state index in [9.17, 15) is 18.8 Å². The van der Waals surface area contributed by atoms with Crippen molar-refractivity contribution in [2.75, 3.05) is 25.0 Å². The number of rotatable bonds is 8. The fraction of sp³-hybridized carbons (Fsp3) is 0.226. The van der Waals surface area contributed by atoms with E-state index in [1.165, 1.54) is 30.5 Å². The Balaban J connectivity index is 1.40. The number of likely N-dealkylation sites (tertiary alicyclic amines) is 1. The van der Waals surface area contributed by atoms with Crippen LogP contribution < -0.4 is 15.6 Å². The van der Waals surface area contributed by atoms with Crippen LogP contribution in [0.3, 0.4) is 0 Å². The summed E-state index contributed by atoms with van der Waals surface area (Å²) >= 11 is 6.10. The van der Waals surface area contributed by atoms with Crippen molar-refractivity contribution in [3.05, 3.63) is 106 Å². The Morgan fingerprint density at radius 2 is 1.86 bits per heavy atom. The minimum Gasteiger partial charge on any atom is -0.466 e. The Labute approximate surface area is 246 Å². The maximum Gasteiger partial charge on any atom is 0.310 e. The zero-order valence-electron chi connectivity index (χ0n) is 22.8. The Hall–Kier alpha value is -4.70. The van der Waals surface area contributed by atoms with Gasteiger partial charge in [0.25, 0.3) is 11.5 Å². The van der Waals surface area contributed by atoms with Crippen LogP contribution in [0.25, 0.3) is 5.69 Å². The van der Waals surface area contributed by atoms with Gasteiger partial charge in [0, 0.05) is 29.4 Å². The summed E-state index contributed by atoms with van der Waals surface area (Å²) in [5.74, 6) is -0.718. The van der Waals surface area contributed by atoms with Gasteiger partial charge in [-0.05, 0) is 86.5 Å². The number of esters is 1. The number of anilines is 2. The van der Waals surface area contributed by atoms with E-state index in [0.29, 0.717) is 60.2 Å². The lowest BCUT2D eigenvalue weighted by atomic mass is 9.97. The fourth-order valence-corrected chi connectivity index (χ4v) is 4.87. The van der Waals surface area contributed by atoms with Crippen LogP contribution in [-0.4, -0.2) is 46.3 Å². The number of hydrogen-bond acceptors (Lipinski definition) is 7. The van der Waals surface area contributed by atoms with Crippen molar-refractivity contribution in [2.45, 2.75) is 19.8 Å². The lowest BCUT2D eigenvalue weighted by Gasteiger charge is -2.31. The molecule has 2 heterocycles. The number of amides is 1. The van der Waals surface area contributed by atoms with Gasteiger partial charge in [-0.1, -0.05) is 17.7 Å². The second-order valence-electron chi connectivity index (χ2n) is 9.68. The number of nitrogens with zero attached hydrogens (tertiary/aromatic N) is 3. The quantitative estimate of drug-likeness (QED) is 0.252. The molecule has 42 heavy (non-hydrogen) atoms. The summed E-state index contributed by atoms with van der Waals surface area (Å²) in [5.41, 5.74) is 0.849. The average molecular weight is 591 g/mol. The normalized spacial score (nSPS) is 14.7. The average Bonchev–Trinajstić information content (AvgIpc) is 3.00. The maximum atomic E-state index is 13.6. The summed E-state index contributed by atoms with van der Waals surface area (Å²) in [6.45, 7) is 2.92. The SMILES string of the molecule is CCOC(=O)C1CCCN(C(=O)c2ccc(Nc3c(Oc4cccc(Cl)c4)cnn(-c4ccc(F)cc4)c3=O)cc2)C1. The highest BCUT2D eigenvalue weighted by atomic mass is 35.5. The molecule has 1 N–H and O–H groups in total. The molecular formula is C31H28ClFN4O5. The predicted molar refractivity (Wildman–Crippen MR) is 156 cm³/mol. The molecular weight excluding hydrogens is 563 g/mol. The van der Waals surface area contributed by atoms with Crippen molar-refractivity contribution >= 4 is 34.9 Å². The molecule has 1 saturated heterocycles. The number of aromatic nitrogens is 2. The number of hydrogen-bond donors (Lipinski definition) is 1. The molecule has 3 aromatic carbocycles. The first-order valence-corrected chi connectivity index (χ1v) is 13.8. The Morgan fingerprint density at radius 1 is 1.10 bits per heavy atom. The van der Waals surface area contributed by atoms with Gasteiger partial charge in [0.15, 0.2) is 11.4 Å². The lowest BCUT2D eigenvalue weighted by molar-refractivity contribution is -0.149. The molecule has 1 atom stereocenters. The first-order valence-electron chi connectivity index (χ1n) is 13.5. The lowest BCUT2D eigenvalue weighted by Crippen LogP contribution is -2.42. The molecule has 1 unspecified atom stereocenters. The van der Waals surface area contributed by atoms with Crippen molar-refractivity contribution in [3.63, 3.8) is 0 Å². The van der Waals surface area contributed by atoms with Crippen LogP contribution in [0, 0.1) is 11.7 Å². The molecule has 0 radical (unpaired) electrons. The van der Waals surface area contributed by atoms with Gasteiger partial charge < -0.3 is 19.7 Å². The minimum absolute atomic E-state index is 0.0710. The van der Waals surface area contributed by atoms with E-state index in [4.69, 9.17) is 21.1 Å². The van der Waals surface area contributed by atoms with Crippen LogP contribution >= 0.6 is 11.6 Å². The van der Waals surface area contributed by atoms with Crippen LogP contribution in [0.2, 0.25) is 5.02 Å². The molecule has 1 aromatic heterocycles. The topological polar surface area (TPSA) is 103 Å². The second-order valence-corrected chi connectivity index (χ2v) is 10.1. The summed E-state index contributed by atoms with van der Waals surface area (Å²) in [4.78, 5) is 40.6. The van der Waals surface area contributed by atoms with Crippen LogP contribution in [0.15, 0.2) is 83.8 Å². The molecule has 0 spiro atoms. The second kappa shape index (κ2) is 12.9. The molecule has 1 aliphatic rings. The number of halogens is 2. The number of carbonyl (C=O) groups excluding carboxylic acids is 2. The van der Waals surface area contributed by atoms with Crippen molar-refractivity contribution < 1.29 is 23.5 Å². The largest absolute Gasteiger partial charge is 0.466 e. The molecule has 9 nitrogen and oxygen atoms in total. The number of benzene rings is 3. The van der Waals surface area contributed by atoms with Gasteiger partial charge in [-0.15, -0.1) is 0 Å². The van der Waals surface area contributed by atoms with Crippen LogP contribution in [0.1, 0.15) is 30.1 Å². The van der Waals surface area contributed by atoms with Crippen molar-refractivity contribution in [1.29, 1.82) is 0 Å². The molecule has 216 valence electrons. The van der Waals surface area contributed by atoms with Crippen LogP contribution in [0.5, 0.6) is 11.5 Å². The zero-order valence-corrected chi connectivity index (χ0v) is 23.5. The third kappa shape index (κ3) is 6.60. The monoisotopic (exact) mass is 590 g/mol. The summed E-state index contributed by atoms with van der Waals surface area (Å²) < 4.78 is 25.7. The van der Waals surface area contributed by atoms with Crippen molar-refractivity contribution in [1.82, 2.24) is 14.7 Å². The van der Waals surface area contributed by atoms with Gasteiger partial charge in [0.2, 0.25) is 0 Å². The molecule has 0 bridgehead atoms. The fourth-order valence-electron chi connectivity index (χ4n) is 4.69. The van der Waals surface area contributed by atoms with E-state index in [1.54, 1.807) is 60.4 Å². The van der Waals surface area contributed by atoms with E-state index in [2.05, 4.69) is 10.4 Å². The van der Waals surface area contributed by atoms with Crippen molar-refractivity contribution in [3.8, 4) is 17.2 Å². The molecule has 4 aromatic rings. The van der Waals surface area contributed by atoms with Crippen LogP contribution in [-0.2, 0) is 9.53 Å². The molecule has 1 fully saturated rings. The molecule has 5 rings (SSSR count). The molecule has 1 amide bonds. The highest BCUT2D eigenvalue weighted by Gasteiger charge is 2.29. The van der Waals surface area contributed by atoms with Crippen LogP contribution in [0.4, 0.5) is 15.8 Å². The van der Waals surface area contributed by atoms with E-state index in [-0.39, 0.29) is 29.2 Å².